The topological polar surface area (TPSA) is 85.5 Å². The third-order valence-electron chi connectivity index (χ3n) is 0. The molecule has 0 rings (SSSR count). The summed E-state index contributed by atoms with van der Waals surface area (Å²) in [6.07, 6.45) is 0. The zero-order chi connectivity index (χ0) is 0. The first kappa shape index (κ1) is 53.7. The summed E-state index contributed by atoms with van der Waals surface area (Å²) in [5, 5.41) is 0. The second kappa shape index (κ2) is 37.7. The summed E-state index contributed by atoms with van der Waals surface area (Å²) in [5.74, 6) is 0. The standard InChI is InChI=1S/Ge.2K.3O/q+4;2*+1;3*-2. The summed E-state index contributed by atoms with van der Waals surface area (Å²) in [5.41, 5.74) is 0. The van der Waals surface area contributed by atoms with E-state index in [4.69, 9.17) is 0 Å². The average Bonchev–Trinajstić information content (AvgIpc) is 0. The molecule has 0 spiro atoms. The maximum absolute atomic E-state index is 0. The van der Waals surface area contributed by atoms with Crippen LogP contribution in [-0.4, -0.2) is 17.6 Å². The molecule has 3 nitrogen and oxygen atoms in total. The van der Waals surface area contributed by atoms with Crippen LogP contribution < -0.4 is 103 Å². The summed E-state index contributed by atoms with van der Waals surface area (Å²) < 4.78 is 0. The molecule has 24 valence electrons. The minimum absolute atomic E-state index is 0. The van der Waals surface area contributed by atoms with Gasteiger partial charge in [0.05, 0.1) is 0 Å². The van der Waals surface area contributed by atoms with E-state index in [0.29, 0.717) is 0 Å². The Morgan fingerprint density at radius 2 is 0.500 bits per heavy atom. The van der Waals surface area contributed by atoms with Gasteiger partial charge in [0.1, 0.15) is 0 Å². The van der Waals surface area contributed by atoms with Crippen molar-refractivity contribution in [2.24, 2.45) is 0 Å². The zero-order valence-electron chi connectivity index (χ0n) is 3.72. The molecule has 0 aromatic heterocycles. The van der Waals surface area contributed by atoms with Crippen LogP contribution in [0.15, 0.2) is 0 Å². The molecule has 0 aromatic rings. The van der Waals surface area contributed by atoms with E-state index in [0.717, 1.165) is 0 Å². The molecule has 0 N–H and O–H groups in total. The van der Waals surface area contributed by atoms with E-state index in [-0.39, 0.29) is 137 Å². The maximum Gasteiger partial charge on any atom is 4.00 e. The second-order valence-corrected chi connectivity index (χ2v) is 0. The summed E-state index contributed by atoms with van der Waals surface area (Å²) in [6.45, 7) is 0. The molecule has 0 bridgehead atoms. The summed E-state index contributed by atoms with van der Waals surface area (Å²) in [6, 6.07) is 0. The van der Waals surface area contributed by atoms with Gasteiger partial charge in [0.15, 0.2) is 0 Å². The summed E-state index contributed by atoms with van der Waals surface area (Å²) in [7, 11) is 0. The van der Waals surface area contributed by atoms with Crippen molar-refractivity contribution in [3.05, 3.63) is 0 Å². The minimum atomic E-state index is 0. The molecule has 0 aromatic carbocycles. The van der Waals surface area contributed by atoms with Gasteiger partial charge in [0.25, 0.3) is 0 Å². The summed E-state index contributed by atoms with van der Waals surface area (Å²) in [4.78, 5) is 0. The van der Waals surface area contributed by atoms with Crippen molar-refractivity contribution in [1.82, 2.24) is 0 Å². The van der Waals surface area contributed by atoms with Crippen molar-refractivity contribution in [2.75, 3.05) is 0 Å². The molecule has 0 saturated heterocycles. The third kappa shape index (κ3) is 25.3. The first-order chi connectivity index (χ1) is 0. The van der Waals surface area contributed by atoms with E-state index in [1.807, 2.05) is 0 Å². The Bertz CT molecular complexity index is 8.75. The zero-order valence-corrected chi connectivity index (χ0v) is 12.1. The molecule has 0 atom stereocenters. The van der Waals surface area contributed by atoms with Crippen molar-refractivity contribution in [3.8, 4) is 0 Å². The van der Waals surface area contributed by atoms with Crippen molar-refractivity contribution in [1.29, 1.82) is 0 Å². The number of rotatable bonds is 0. The Morgan fingerprint density at radius 3 is 0.500 bits per heavy atom. The van der Waals surface area contributed by atoms with E-state index in [2.05, 4.69) is 0 Å². The van der Waals surface area contributed by atoms with Gasteiger partial charge < -0.3 is 16.4 Å². The van der Waals surface area contributed by atoms with E-state index in [9.17, 15) is 0 Å². The Hall–Kier alpha value is 3.70. The smallest absolute Gasteiger partial charge is 2.00 e. The molecular formula is GeK2O3. The van der Waals surface area contributed by atoms with Crippen molar-refractivity contribution < 1.29 is 119 Å². The van der Waals surface area contributed by atoms with Gasteiger partial charge in [0, 0.05) is 0 Å². The van der Waals surface area contributed by atoms with Crippen LogP contribution >= 0.6 is 0 Å². The van der Waals surface area contributed by atoms with Crippen molar-refractivity contribution in [3.63, 3.8) is 0 Å². The van der Waals surface area contributed by atoms with E-state index in [1.54, 1.807) is 0 Å². The molecule has 0 fully saturated rings. The Morgan fingerprint density at radius 1 is 0.500 bits per heavy atom. The summed E-state index contributed by atoms with van der Waals surface area (Å²) >= 11 is 0. The van der Waals surface area contributed by atoms with Crippen LogP contribution in [0.5, 0.6) is 0 Å². The van der Waals surface area contributed by atoms with Gasteiger partial charge >= 0.3 is 120 Å². The molecule has 6 heteroatoms. The van der Waals surface area contributed by atoms with Gasteiger partial charge in [-0.05, 0) is 0 Å². The predicted molar refractivity (Wildman–Crippen MR) is 7.81 cm³/mol. The first-order valence-electron chi connectivity index (χ1n) is 0. The predicted octanol–water partition coefficient (Wildman–Crippen LogP) is -6.73. The van der Waals surface area contributed by atoms with Crippen molar-refractivity contribution >= 4 is 17.6 Å². The molecule has 0 unspecified atom stereocenters. The average molecular weight is 199 g/mol. The van der Waals surface area contributed by atoms with Gasteiger partial charge in [0.2, 0.25) is 0 Å². The first-order valence-corrected chi connectivity index (χ1v) is 0. The second-order valence-electron chi connectivity index (χ2n) is 0. The molecule has 0 aliphatic heterocycles. The van der Waals surface area contributed by atoms with Crippen LogP contribution in [0.3, 0.4) is 0 Å². The van der Waals surface area contributed by atoms with Crippen LogP contribution in [0.1, 0.15) is 0 Å². The fourth-order valence-electron chi connectivity index (χ4n) is 0. The molecule has 0 heterocycles. The third-order valence-corrected chi connectivity index (χ3v) is 0. The van der Waals surface area contributed by atoms with Crippen LogP contribution in [0.25, 0.3) is 0 Å². The molecule has 0 amide bonds. The van der Waals surface area contributed by atoms with E-state index in [1.165, 1.54) is 0 Å². The Labute approximate surface area is 133 Å². The van der Waals surface area contributed by atoms with Gasteiger partial charge in [-0.25, -0.2) is 0 Å². The monoisotopic (exact) mass is 200 g/mol. The van der Waals surface area contributed by atoms with Crippen LogP contribution in [-0.2, 0) is 16.4 Å². The Balaban J connectivity index is 0. The van der Waals surface area contributed by atoms with Gasteiger partial charge in [-0.1, -0.05) is 0 Å². The largest absolute Gasteiger partial charge is 4.00 e. The normalized spacial score (nSPS) is 0. The van der Waals surface area contributed by atoms with Crippen LogP contribution in [0.4, 0.5) is 0 Å². The van der Waals surface area contributed by atoms with Gasteiger partial charge in [-0.3, -0.25) is 0 Å². The molecular weight excluding hydrogens is 199 g/mol. The van der Waals surface area contributed by atoms with E-state index >= 15 is 0 Å². The quantitative estimate of drug-likeness (QED) is 0.347. The Kier molecular flexibility index (Phi) is 337. The maximum atomic E-state index is 0. The minimum Gasteiger partial charge on any atom is -2.00 e. The van der Waals surface area contributed by atoms with Crippen molar-refractivity contribution in [2.45, 2.75) is 0 Å². The van der Waals surface area contributed by atoms with Gasteiger partial charge in [-0.15, -0.1) is 0 Å². The number of hydrogen-bond acceptors (Lipinski definition) is 0. The molecule has 6 heavy (non-hydrogen) atoms. The molecule has 0 saturated carbocycles. The molecule has 0 radical (unpaired) electrons. The fraction of sp³-hybridized carbons (Fsp3) is 0. The fourth-order valence-corrected chi connectivity index (χ4v) is 0. The van der Waals surface area contributed by atoms with E-state index < -0.39 is 0 Å². The van der Waals surface area contributed by atoms with Crippen LogP contribution in [0.2, 0.25) is 0 Å². The number of hydrogen-bond donors (Lipinski definition) is 0. The molecule has 0 aliphatic carbocycles. The van der Waals surface area contributed by atoms with Gasteiger partial charge in [-0.2, -0.15) is 0 Å². The molecule has 0 aliphatic rings. The van der Waals surface area contributed by atoms with Crippen LogP contribution in [0, 0.1) is 0 Å². The SMILES string of the molecule is [Ge+4].[K+].[K+].[O-2].[O-2].[O-2].